The molecule has 3 unspecified atom stereocenters. The van der Waals surface area contributed by atoms with Gasteiger partial charge in [-0.1, -0.05) is 94.0 Å². The predicted octanol–water partition coefficient (Wildman–Crippen LogP) is 12.1. The monoisotopic (exact) mass is 739 g/mol. The van der Waals surface area contributed by atoms with Gasteiger partial charge in [-0.25, -0.2) is 0 Å². The molecule has 0 radical (unpaired) electrons. The van der Waals surface area contributed by atoms with E-state index in [-0.39, 0.29) is 64.2 Å². The third kappa shape index (κ3) is 6.98. The smallest absolute Gasteiger partial charge is 0.306 e. The molecule has 0 aliphatic heterocycles. The number of ether oxygens (including phenoxy) is 2. The van der Waals surface area contributed by atoms with Crippen molar-refractivity contribution in [2.45, 2.75) is 177 Å². The largest absolute Gasteiger partial charge is 0.462 e. The molecule has 0 N–H and O–H groups in total. The summed E-state index contributed by atoms with van der Waals surface area (Å²) in [6.07, 6.45) is 14.1. The molecule has 5 fully saturated rings. The summed E-state index contributed by atoms with van der Waals surface area (Å²) in [5, 5.41) is 0.219. The summed E-state index contributed by atoms with van der Waals surface area (Å²) in [7, 11) is -1.87. The number of hydrogen-bond acceptors (Lipinski definition) is 5. The van der Waals surface area contributed by atoms with Gasteiger partial charge in [0, 0.05) is 12.0 Å². The Bertz CT molecular complexity index is 1390. The molecule has 0 saturated heterocycles. The number of carbonyl (C=O) groups is 2. The van der Waals surface area contributed by atoms with Crippen molar-refractivity contribution >= 4 is 20.3 Å². The van der Waals surface area contributed by atoms with Crippen LogP contribution >= 0.6 is 0 Å². The van der Waals surface area contributed by atoms with E-state index in [1.54, 1.807) is 6.08 Å². The van der Waals surface area contributed by atoms with Gasteiger partial charge in [-0.05, 0) is 146 Å². The summed E-state index contributed by atoms with van der Waals surface area (Å²) >= 11 is 0. The van der Waals surface area contributed by atoms with Crippen LogP contribution in [0, 0.1) is 62.1 Å². The Balaban J connectivity index is 1.35. The average Bonchev–Trinajstić information content (AvgIpc) is 3.40. The Morgan fingerprint density at radius 1 is 0.808 bits per heavy atom. The van der Waals surface area contributed by atoms with Gasteiger partial charge in [0.25, 0.3) is 0 Å². The van der Waals surface area contributed by atoms with Gasteiger partial charge in [0.1, 0.15) is 12.7 Å². The Kier molecular flexibility index (Phi) is 11.2. The summed E-state index contributed by atoms with van der Waals surface area (Å²) in [5.41, 5.74) is 1.81. The lowest BCUT2D eigenvalue weighted by molar-refractivity contribution is -0.251. The summed E-state index contributed by atoms with van der Waals surface area (Å²) in [6, 6.07) is 0. The Hall–Kier alpha value is -1.40. The number of fused-ring (bicyclic) bond motifs is 7. The molecule has 0 aromatic rings. The lowest BCUT2D eigenvalue weighted by Gasteiger charge is -2.73. The third-order valence-electron chi connectivity index (χ3n) is 17.6. The minimum absolute atomic E-state index is 0.108. The molecule has 10 atom stereocenters. The molecular weight excluding hydrogens is 661 g/mol. The molecule has 5 nitrogen and oxygen atoms in total. The second kappa shape index (κ2) is 14.0. The van der Waals surface area contributed by atoms with Gasteiger partial charge >= 0.3 is 11.9 Å². The van der Waals surface area contributed by atoms with E-state index in [0.717, 1.165) is 19.4 Å². The first kappa shape index (κ1) is 41.8. The lowest BCUT2D eigenvalue weighted by Crippen LogP contribution is -2.67. The van der Waals surface area contributed by atoms with E-state index in [2.05, 4.69) is 88.6 Å². The molecule has 0 aromatic carbocycles. The van der Waals surface area contributed by atoms with Crippen molar-refractivity contribution in [2.75, 3.05) is 13.2 Å². The average molecular weight is 739 g/mol. The number of carbonyl (C=O) groups excluding carboxylic acids is 2. The molecule has 0 bridgehead atoms. The molecule has 5 aliphatic rings. The number of allylic oxidation sites excluding steroid dienone is 1. The van der Waals surface area contributed by atoms with E-state index in [1.807, 2.05) is 13.8 Å². The normalized spacial score (nSPS) is 40.0. The Morgan fingerprint density at radius 3 is 2.08 bits per heavy atom. The van der Waals surface area contributed by atoms with Crippen LogP contribution in [0.25, 0.3) is 0 Å². The SMILES string of the molecule is C=CCOC(=O)CC(C)(C)CC(=O)O[C@H]1CC[C@@]2(C)C(CC[C@]3(C)C2CC[C@@H]2C4[C@H](C(=C)C)CC[C@]4(CO[Si](C)(C)C(C)(C)C)CC[C@]23C)C1(C)C. The predicted molar refractivity (Wildman–Crippen MR) is 216 cm³/mol. The number of rotatable bonds is 11. The van der Waals surface area contributed by atoms with Crippen LogP contribution in [0.3, 0.4) is 0 Å². The van der Waals surface area contributed by atoms with Crippen LogP contribution in [0.2, 0.25) is 18.1 Å². The summed E-state index contributed by atoms with van der Waals surface area (Å²) < 4.78 is 18.8. The first-order chi connectivity index (χ1) is 23.8. The van der Waals surface area contributed by atoms with Crippen molar-refractivity contribution < 1.29 is 23.5 Å². The molecule has 5 rings (SSSR count). The highest BCUT2D eigenvalue weighted by atomic mass is 28.4. The Labute approximate surface area is 320 Å². The lowest BCUT2D eigenvalue weighted by atomic mass is 9.32. The number of esters is 2. The van der Waals surface area contributed by atoms with Gasteiger partial charge in [0.05, 0.1) is 12.8 Å². The molecule has 0 aromatic heterocycles. The minimum atomic E-state index is -1.87. The van der Waals surface area contributed by atoms with Crippen molar-refractivity contribution in [3.8, 4) is 0 Å². The van der Waals surface area contributed by atoms with Crippen molar-refractivity contribution in [3.05, 3.63) is 24.8 Å². The summed E-state index contributed by atoms with van der Waals surface area (Å²) in [4.78, 5) is 25.8. The fourth-order valence-corrected chi connectivity index (χ4v) is 14.6. The van der Waals surface area contributed by atoms with Crippen LogP contribution in [-0.2, 0) is 23.5 Å². The van der Waals surface area contributed by atoms with Crippen LogP contribution < -0.4 is 0 Å². The van der Waals surface area contributed by atoms with Crippen molar-refractivity contribution in [2.24, 2.45) is 62.1 Å². The van der Waals surface area contributed by atoms with E-state index < -0.39 is 13.7 Å². The maximum absolute atomic E-state index is 13.5. The standard InChI is InChI=1S/C46H78O5Si/c1-16-27-49-37(47)28-41(7,8)29-38(48)51-36-21-22-43(11)34(42(36,9)10)20-23-45(13)35(43)18-17-33-39-32(31(2)3)19-24-46(39,26-25-44(33,45)12)30-50-52(14,15)40(4,5)6/h16,32-36,39H,1-2,17-30H2,3-15H3/t32-,33+,34?,35?,36-,39?,43-,44+,45+,46+/m0/s1. The van der Waals surface area contributed by atoms with Gasteiger partial charge in [0.15, 0.2) is 8.32 Å². The van der Waals surface area contributed by atoms with Crippen molar-refractivity contribution in [1.82, 2.24) is 0 Å². The zero-order valence-corrected chi connectivity index (χ0v) is 36.9. The molecule has 0 heterocycles. The van der Waals surface area contributed by atoms with Crippen molar-refractivity contribution in [1.29, 1.82) is 0 Å². The van der Waals surface area contributed by atoms with E-state index in [4.69, 9.17) is 13.9 Å². The Morgan fingerprint density at radius 2 is 1.46 bits per heavy atom. The number of hydrogen-bond donors (Lipinski definition) is 0. The third-order valence-corrected chi connectivity index (χ3v) is 22.1. The van der Waals surface area contributed by atoms with E-state index in [1.165, 1.54) is 56.9 Å². The molecule has 5 saturated carbocycles. The van der Waals surface area contributed by atoms with Gasteiger partial charge < -0.3 is 13.9 Å². The highest BCUT2D eigenvalue weighted by Crippen LogP contribution is 2.77. The molecule has 296 valence electrons. The maximum atomic E-state index is 13.5. The fourth-order valence-electron chi connectivity index (χ4n) is 13.5. The van der Waals surface area contributed by atoms with Gasteiger partial charge in [-0.2, -0.15) is 0 Å². The van der Waals surface area contributed by atoms with Crippen LogP contribution in [0.5, 0.6) is 0 Å². The zero-order valence-electron chi connectivity index (χ0n) is 35.9. The van der Waals surface area contributed by atoms with Gasteiger partial charge in [0.2, 0.25) is 0 Å². The minimum Gasteiger partial charge on any atom is -0.462 e. The van der Waals surface area contributed by atoms with E-state index in [0.29, 0.717) is 35.0 Å². The van der Waals surface area contributed by atoms with E-state index in [9.17, 15) is 9.59 Å². The first-order valence-corrected chi connectivity index (χ1v) is 24.0. The molecule has 6 heteroatoms. The molecule has 52 heavy (non-hydrogen) atoms. The molecule has 0 amide bonds. The molecular formula is C46H78O5Si. The van der Waals surface area contributed by atoms with Crippen LogP contribution in [-0.4, -0.2) is 39.6 Å². The van der Waals surface area contributed by atoms with Gasteiger partial charge in [-0.15, -0.1) is 0 Å². The second-order valence-corrected chi connectivity index (χ2v) is 27.2. The summed E-state index contributed by atoms with van der Waals surface area (Å²) in [5.74, 6) is 2.65. The summed E-state index contributed by atoms with van der Waals surface area (Å²) in [6.45, 7) is 40.4. The van der Waals surface area contributed by atoms with Gasteiger partial charge in [-0.3, -0.25) is 9.59 Å². The second-order valence-electron chi connectivity index (χ2n) is 22.4. The van der Waals surface area contributed by atoms with Crippen LogP contribution in [0.15, 0.2) is 24.8 Å². The topological polar surface area (TPSA) is 61.8 Å². The van der Waals surface area contributed by atoms with Crippen LogP contribution in [0.1, 0.15) is 153 Å². The maximum Gasteiger partial charge on any atom is 0.306 e. The highest BCUT2D eigenvalue weighted by molar-refractivity contribution is 6.74. The fraction of sp³-hybridized carbons (Fsp3) is 0.870. The molecule has 5 aliphatic carbocycles. The van der Waals surface area contributed by atoms with Crippen molar-refractivity contribution in [3.63, 3.8) is 0 Å². The molecule has 0 spiro atoms. The van der Waals surface area contributed by atoms with E-state index >= 15 is 0 Å². The highest BCUT2D eigenvalue weighted by Gasteiger charge is 2.71. The zero-order chi connectivity index (χ0) is 38.9. The van der Waals surface area contributed by atoms with Crippen LogP contribution in [0.4, 0.5) is 0 Å². The quantitative estimate of drug-likeness (QED) is 0.120. The first-order valence-electron chi connectivity index (χ1n) is 21.1.